The average molecular weight is 628 g/mol. The molecule has 3 heterocycles. The smallest absolute Gasteiger partial charge is 0.272 e. The van der Waals surface area contributed by atoms with Crippen molar-refractivity contribution >= 4 is 46.7 Å². The minimum absolute atomic E-state index is 0.158. The monoisotopic (exact) mass is 627 g/mol. The molecule has 1 N–H and O–H groups in total. The minimum Gasteiger partial charge on any atom is -0.322 e. The summed E-state index contributed by atoms with van der Waals surface area (Å²) in [7, 11) is 0. The number of hydrogen-bond donors (Lipinski definition) is 1. The highest BCUT2D eigenvalue weighted by molar-refractivity contribution is 8.00. The van der Waals surface area contributed by atoms with Gasteiger partial charge in [0.15, 0.2) is 0 Å². The molecule has 0 radical (unpaired) electrons. The van der Waals surface area contributed by atoms with E-state index in [1.807, 2.05) is 29.2 Å². The fraction of sp³-hybridized carbons (Fsp3) is 0.485. The van der Waals surface area contributed by atoms with Crippen molar-refractivity contribution in [3.05, 3.63) is 69.8 Å². The van der Waals surface area contributed by atoms with Crippen LogP contribution in [0.25, 0.3) is 5.57 Å². The van der Waals surface area contributed by atoms with Gasteiger partial charge in [0.25, 0.3) is 11.8 Å². The van der Waals surface area contributed by atoms with Gasteiger partial charge in [-0.2, -0.15) is 0 Å². The zero-order valence-corrected chi connectivity index (χ0v) is 26.0. The number of halogens is 3. The Labute approximate surface area is 260 Å². The lowest BCUT2D eigenvalue weighted by Crippen LogP contribution is -2.52. The number of amides is 3. The molecule has 3 amide bonds. The van der Waals surface area contributed by atoms with E-state index >= 15 is 8.78 Å². The van der Waals surface area contributed by atoms with Crippen molar-refractivity contribution in [3.8, 4) is 0 Å². The highest BCUT2D eigenvalue weighted by atomic mass is 35.5. The first-order chi connectivity index (χ1) is 20.4. The number of rotatable bonds is 6. The van der Waals surface area contributed by atoms with Crippen LogP contribution < -0.4 is 5.32 Å². The van der Waals surface area contributed by atoms with Crippen molar-refractivity contribution in [3.63, 3.8) is 0 Å². The van der Waals surface area contributed by atoms with E-state index in [9.17, 15) is 14.4 Å². The number of imide groups is 1. The van der Waals surface area contributed by atoms with Gasteiger partial charge in [-0.3, -0.25) is 24.6 Å². The molecule has 2 aromatic carbocycles. The molecule has 6 nitrogen and oxygen atoms in total. The van der Waals surface area contributed by atoms with Crippen LogP contribution in [-0.2, 0) is 16.1 Å². The summed E-state index contributed by atoms with van der Waals surface area (Å²) in [6, 6.07) is 12.4. The Bertz CT molecular complexity index is 1490. The van der Waals surface area contributed by atoms with E-state index in [4.69, 9.17) is 11.6 Å². The number of fused-ring (bicyclic) bond motifs is 1. The molecule has 2 fully saturated rings. The van der Waals surface area contributed by atoms with E-state index in [1.54, 1.807) is 18.2 Å². The van der Waals surface area contributed by atoms with Crippen molar-refractivity contribution < 1.29 is 23.2 Å². The summed E-state index contributed by atoms with van der Waals surface area (Å²) >= 11 is 7.30. The summed E-state index contributed by atoms with van der Waals surface area (Å²) in [5.41, 5.74) is 4.99. The number of benzene rings is 2. The molecule has 0 spiro atoms. The third kappa shape index (κ3) is 6.40. The number of nitrogens with one attached hydrogen (secondary N) is 1. The molecular formula is C33H36ClF2N3O3S. The molecular weight excluding hydrogens is 592 g/mol. The second kappa shape index (κ2) is 11.6. The van der Waals surface area contributed by atoms with E-state index in [0.29, 0.717) is 35.0 Å². The third-order valence-electron chi connectivity index (χ3n) is 9.18. The van der Waals surface area contributed by atoms with Gasteiger partial charge in [0, 0.05) is 41.5 Å². The molecule has 2 saturated heterocycles. The summed E-state index contributed by atoms with van der Waals surface area (Å²) in [5.74, 6) is -3.95. The Morgan fingerprint density at radius 2 is 1.81 bits per heavy atom. The first kappa shape index (κ1) is 30.3. The summed E-state index contributed by atoms with van der Waals surface area (Å²) in [5, 5.41) is 2.11. The van der Waals surface area contributed by atoms with Crippen LogP contribution in [0.3, 0.4) is 0 Å². The number of alkyl halides is 2. The molecule has 2 atom stereocenters. The van der Waals surface area contributed by atoms with Crippen molar-refractivity contribution in [2.24, 2.45) is 5.41 Å². The molecule has 0 aromatic heterocycles. The second-order valence-electron chi connectivity index (χ2n) is 13.0. The number of nitrogens with zero attached hydrogens (tertiary/aromatic N) is 2. The Balaban J connectivity index is 1.12. The highest BCUT2D eigenvalue weighted by Crippen LogP contribution is 2.45. The van der Waals surface area contributed by atoms with E-state index in [-0.39, 0.29) is 43.2 Å². The standard InChI is InChI=1S/C33H36ClF2N3O3S/c1-32(2)13-11-21(26(16-32)20-3-5-23(34)6-4-20)17-38-14-12-28(33(35,36)19-38)43-24-7-8-25-22(15-24)18-39(31(25)42)27-9-10-29(40)37-30(27)41/h3-8,15,27-28H,9-14,16-19H2,1-2H3,(H,37,40,41)/t27?,28-/m0/s1. The maximum atomic E-state index is 15.6. The van der Waals surface area contributed by atoms with Crippen molar-refractivity contribution in [2.45, 2.75) is 81.0 Å². The van der Waals surface area contributed by atoms with Crippen LogP contribution in [0.1, 0.15) is 73.9 Å². The maximum Gasteiger partial charge on any atom is 0.272 e. The molecule has 4 aliphatic rings. The molecule has 228 valence electrons. The lowest BCUT2D eigenvalue weighted by molar-refractivity contribution is -0.136. The largest absolute Gasteiger partial charge is 0.322 e. The predicted octanol–water partition coefficient (Wildman–Crippen LogP) is 6.57. The summed E-state index contributed by atoms with van der Waals surface area (Å²) < 4.78 is 31.3. The van der Waals surface area contributed by atoms with Gasteiger partial charge in [-0.1, -0.05) is 43.2 Å². The van der Waals surface area contributed by atoms with Gasteiger partial charge in [-0.25, -0.2) is 8.78 Å². The molecule has 1 aliphatic carbocycles. The average Bonchev–Trinajstić information content (AvgIpc) is 3.26. The zero-order valence-electron chi connectivity index (χ0n) is 24.4. The van der Waals surface area contributed by atoms with E-state index in [1.165, 1.54) is 27.8 Å². The second-order valence-corrected chi connectivity index (χ2v) is 14.7. The van der Waals surface area contributed by atoms with Crippen molar-refractivity contribution in [1.29, 1.82) is 0 Å². The molecule has 10 heteroatoms. The van der Waals surface area contributed by atoms with Crippen LogP contribution in [0.2, 0.25) is 5.02 Å². The number of carbonyl (C=O) groups excluding carboxylic acids is 3. The Morgan fingerprint density at radius 3 is 2.53 bits per heavy atom. The number of piperidine rings is 2. The fourth-order valence-corrected chi connectivity index (χ4v) is 8.07. The normalized spacial score (nSPS) is 25.6. The van der Waals surface area contributed by atoms with Crippen LogP contribution in [0.15, 0.2) is 52.9 Å². The van der Waals surface area contributed by atoms with Gasteiger partial charge in [0.05, 0.1) is 11.8 Å². The molecule has 6 rings (SSSR count). The summed E-state index contributed by atoms with van der Waals surface area (Å²) in [6.07, 6.45) is 3.66. The van der Waals surface area contributed by atoms with Gasteiger partial charge in [-0.15, -0.1) is 11.8 Å². The molecule has 3 aliphatic heterocycles. The lowest BCUT2D eigenvalue weighted by atomic mass is 9.72. The third-order valence-corrected chi connectivity index (χ3v) is 10.8. The number of likely N-dealkylation sites (tertiary alicyclic amines) is 1. The molecule has 1 unspecified atom stereocenters. The molecule has 0 saturated carbocycles. The quantitative estimate of drug-likeness (QED) is 0.367. The van der Waals surface area contributed by atoms with E-state index in [2.05, 4.69) is 19.2 Å². The summed E-state index contributed by atoms with van der Waals surface area (Å²) in [4.78, 5) is 41.0. The fourth-order valence-electron chi connectivity index (χ4n) is 6.79. The number of hydrogen-bond acceptors (Lipinski definition) is 5. The SMILES string of the molecule is CC1(C)CCC(CN2CC[C@H](Sc3ccc4c(c3)CN(C3CCC(=O)NC3=O)C4=O)C(F)(F)C2)=C(c2ccc(Cl)cc2)C1. The highest BCUT2D eigenvalue weighted by Gasteiger charge is 2.46. The first-order valence-electron chi connectivity index (χ1n) is 14.9. The predicted molar refractivity (Wildman–Crippen MR) is 164 cm³/mol. The first-order valence-corrected chi connectivity index (χ1v) is 16.2. The number of allylic oxidation sites excluding steroid dienone is 1. The molecule has 2 aromatic rings. The van der Waals surface area contributed by atoms with Crippen molar-refractivity contribution in [1.82, 2.24) is 15.1 Å². The van der Waals surface area contributed by atoms with E-state index in [0.717, 1.165) is 30.4 Å². The van der Waals surface area contributed by atoms with E-state index < -0.39 is 23.1 Å². The Hall–Kier alpha value is -2.75. The molecule has 0 bridgehead atoms. The van der Waals surface area contributed by atoms with Gasteiger partial charge in [0.1, 0.15) is 6.04 Å². The number of carbonyl (C=O) groups is 3. The Kier molecular flexibility index (Phi) is 8.20. The van der Waals surface area contributed by atoms with Gasteiger partial charge in [-0.05, 0) is 84.6 Å². The summed E-state index contributed by atoms with van der Waals surface area (Å²) in [6.45, 7) is 5.58. The van der Waals surface area contributed by atoms with Gasteiger partial charge < -0.3 is 4.90 Å². The van der Waals surface area contributed by atoms with Crippen molar-refractivity contribution in [2.75, 3.05) is 19.6 Å². The van der Waals surface area contributed by atoms with Gasteiger partial charge in [0.2, 0.25) is 11.8 Å². The maximum absolute atomic E-state index is 15.6. The van der Waals surface area contributed by atoms with Crippen LogP contribution in [-0.4, -0.2) is 64.4 Å². The van der Waals surface area contributed by atoms with Gasteiger partial charge >= 0.3 is 0 Å². The van der Waals surface area contributed by atoms with Crippen LogP contribution in [0, 0.1) is 5.41 Å². The molecule has 43 heavy (non-hydrogen) atoms. The topological polar surface area (TPSA) is 69.7 Å². The van der Waals surface area contributed by atoms with Crippen LogP contribution in [0.4, 0.5) is 8.78 Å². The van der Waals surface area contributed by atoms with Crippen LogP contribution >= 0.6 is 23.4 Å². The zero-order chi connectivity index (χ0) is 30.5. The van der Waals surface area contributed by atoms with Crippen LogP contribution in [0.5, 0.6) is 0 Å². The number of thioether (sulfide) groups is 1. The Morgan fingerprint density at radius 1 is 1.05 bits per heavy atom. The lowest BCUT2D eigenvalue weighted by Gasteiger charge is -2.40. The minimum atomic E-state index is -2.88.